The number of piperidine rings is 1. The van der Waals surface area contributed by atoms with E-state index in [-0.39, 0.29) is 18.3 Å². The monoisotopic (exact) mass is 401 g/mol. The third-order valence-electron chi connectivity index (χ3n) is 5.09. The fourth-order valence-corrected chi connectivity index (χ4v) is 3.54. The summed E-state index contributed by atoms with van der Waals surface area (Å²) in [6.07, 6.45) is 3.68. The van der Waals surface area contributed by atoms with Gasteiger partial charge in [0.2, 0.25) is 0 Å². The van der Waals surface area contributed by atoms with E-state index >= 15 is 0 Å². The maximum Gasteiger partial charge on any atom is 0.291 e. The molecule has 1 aliphatic rings. The van der Waals surface area contributed by atoms with Crippen LogP contribution < -0.4 is 15.0 Å². The predicted octanol–water partition coefficient (Wildman–Crippen LogP) is 4.97. The number of nitrogens with one attached hydrogen (secondary N) is 1. The number of hydrogen-bond acceptors (Lipinski definition) is 5. The van der Waals surface area contributed by atoms with E-state index in [2.05, 4.69) is 22.4 Å². The third kappa shape index (κ3) is 4.64. The molecule has 1 N–H and O–H groups in total. The number of rotatable bonds is 6. The van der Waals surface area contributed by atoms with Crippen LogP contribution in [0.5, 0.6) is 5.75 Å². The van der Waals surface area contributed by atoms with Crippen molar-refractivity contribution >= 4 is 17.3 Å². The van der Waals surface area contributed by atoms with Crippen molar-refractivity contribution < 1.29 is 13.9 Å². The Morgan fingerprint density at radius 1 is 1.07 bits per heavy atom. The van der Waals surface area contributed by atoms with Gasteiger partial charge in [-0.3, -0.25) is 4.79 Å². The molecular weight excluding hydrogens is 378 g/mol. The number of carbonyl (C=O) groups excluding carboxylic acids is 1. The summed E-state index contributed by atoms with van der Waals surface area (Å²) in [6.45, 7) is 2.23. The van der Waals surface area contributed by atoms with Crippen molar-refractivity contribution in [2.45, 2.75) is 25.9 Å². The Morgan fingerprint density at radius 2 is 1.90 bits per heavy atom. The summed E-state index contributed by atoms with van der Waals surface area (Å²) in [7, 11) is 0. The Labute approximate surface area is 175 Å². The number of hydrogen-bond donors (Lipinski definition) is 1. The topological polar surface area (TPSA) is 78.5 Å². The van der Waals surface area contributed by atoms with Gasteiger partial charge in [0.05, 0.1) is 5.56 Å². The van der Waals surface area contributed by atoms with Gasteiger partial charge in [0, 0.05) is 24.5 Å². The number of benzene rings is 2. The van der Waals surface area contributed by atoms with Crippen molar-refractivity contribution in [1.29, 1.82) is 5.26 Å². The molecule has 1 aromatic heterocycles. The quantitative estimate of drug-likeness (QED) is 0.631. The second-order valence-electron chi connectivity index (χ2n) is 7.21. The number of carbonyl (C=O) groups is 1. The Bertz CT molecular complexity index is 1060. The SMILES string of the molecule is N#Cc1ccccc1OCc1ccc(C(=O)Nc2cccc(N3CCCCC3)c2)o1. The van der Waals surface area contributed by atoms with Gasteiger partial charge in [-0.25, -0.2) is 0 Å². The fraction of sp³-hybridized carbons (Fsp3) is 0.250. The molecule has 1 aliphatic heterocycles. The molecule has 2 heterocycles. The Kier molecular flexibility index (Phi) is 6.00. The van der Waals surface area contributed by atoms with Crippen LogP contribution in [0.3, 0.4) is 0 Å². The van der Waals surface area contributed by atoms with Crippen LogP contribution in [0.25, 0.3) is 0 Å². The largest absolute Gasteiger partial charge is 0.484 e. The average molecular weight is 401 g/mol. The molecule has 2 aromatic carbocycles. The molecule has 1 saturated heterocycles. The van der Waals surface area contributed by atoms with Gasteiger partial charge in [-0.05, 0) is 61.7 Å². The van der Waals surface area contributed by atoms with Gasteiger partial charge in [-0.2, -0.15) is 5.26 Å². The van der Waals surface area contributed by atoms with E-state index in [9.17, 15) is 4.79 Å². The minimum absolute atomic E-state index is 0.135. The minimum Gasteiger partial charge on any atom is -0.484 e. The molecule has 0 spiro atoms. The zero-order valence-electron chi connectivity index (χ0n) is 16.6. The summed E-state index contributed by atoms with van der Waals surface area (Å²) >= 11 is 0. The first-order chi connectivity index (χ1) is 14.7. The van der Waals surface area contributed by atoms with Gasteiger partial charge < -0.3 is 19.4 Å². The Hall–Kier alpha value is -3.72. The van der Waals surface area contributed by atoms with Crippen molar-refractivity contribution in [1.82, 2.24) is 0 Å². The highest BCUT2D eigenvalue weighted by molar-refractivity contribution is 6.02. The Morgan fingerprint density at radius 3 is 2.73 bits per heavy atom. The second-order valence-corrected chi connectivity index (χ2v) is 7.21. The second kappa shape index (κ2) is 9.19. The van der Waals surface area contributed by atoms with Crippen LogP contribution in [0.4, 0.5) is 11.4 Å². The summed E-state index contributed by atoms with van der Waals surface area (Å²) < 4.78 is 11.3. The summed E-state index contributed by atoms with van der Waals surface area (Å²) in [4.78, 5) is 14.9. The van der Waals surface area contributed by atoms with E-state index in [1.54, 1.807) is 36.4 Å². The van der Waals surface area contributed by atoms with Crippen molar-refractivity contribution in [3.63, 3.8) is 0 Å². The number of ether oxygens (including phenoxy) is 1. The molecule has 0 aliphatic carbocycles. The summed E-state index contributed by atoms with van der Waals surface area (Å²) in [6, 6.07) is 20.3. The third-order valence-corrected chi connectivity index (χ3v) is 5.09. The molecule has 1 amide bonds. The maximum absolute atomic E-state index is 12.6. The zero-order valence-corrected chi connectivity index (χ0v) is 16.6. The first-order valence-electron chi connectivity index (χ1n) is 10.1. The van der Waals surface area contributed by atoms with E-state index in [1.807, 2.05) is 18.2 Å². The van der Waals surface area contributed by atoms with Crippen molar-refractivity contribution in [2.75, 3.05) is 23.3 Å². The molecule has 6 nitrogen and oxygen atoms in total. The van der Waals surface area contributed by atoms with Crippen LogP contribution in [0.2, 0.25) is 0 Å². The van der Waals surface area contributed by atoms with Crippen molar-refractivity contribution in [3.8, 4) is 11.8 Å². The summed E-state index contributed by atoms with van der Waals surface area (Å²) in [5, 5.41) is 12.0. The molecule has 0 bridgehead atoms. The van der Waals surface area contributed by atoms with Crippen LogP contribution in [-0.4, -0.2) is 19.0 Å². The van der Waals surface area contributed by atoms with E-state index in [0.29, 0.717) is 17.1 Å². The molecule has 1 fully saturated rings. The smallest absolute Gasteiger partial charge is 0.291 e. The molecule has 6 heteroatoms. The standard InChI is InChI=1S/C24H23N3O3/c25-16-18-7-2-3-10-22(18)29-17-21-11-12-23(30-21)24(28)26-19-8-6-9-20(15-19)27-13-4-1-5-14-27/h2-3,6-12,15H,1,4-5,13-14,17H2,(H,26,28). The van der Waals surface area contributed by atoms with Gasteiger partial charge in [-0.15, -0.1) is 0 Å². The number of furan rings is 1. The van der Waals surface area contributed by atoms with E-state index in [4.69, 9.17) is 14.4 Å². The minimum atomic E-state index is -0.311. The van der Waals surface area contributed by atoms with Gasteiger partial charge in [-0.1, -0.05) is 18.2 Å². The lowest BCUT2D eigenvalue weighted by molar-refractivity contribution is 0.0992. The molecule has 3 aromatic rings. The van der Waals surface area contributed by atoms with Gasteiger partial charge in [0.15, 0.2) is 5.76 Å². The maximum atomic E-state index is 12.6. The fourth-order valence-electron chi connectivity index (χ4n) is 3.54. The van der Waals surface area contributed by atoms with E-state index in [1.165, 1.54) is 19.3 Å². The molecule has 0 saturated carbocycles. The molecule has 152 valence electrons. The van der Waals surface area contributed by atoms with E-state index < -0.39 is 0 Å². The zero-order chi connectivity index (χ0) is 20.8. The highest BCUT2D eigenvalue weighted by Gasteiger charge is 2.15. The highest BCUT2D eigenvalue weighted by atomic mass is 16.5. The normalized spacial score (nSPS) is 13.5. The predicted molar refractivity (Wildman–Crippen MR) is 115 cm³/mol. The summed E-state index contributed by atoms with van der Waals surface area (Å²) in [5.74, 6) is 0.895. The van der Waals surface area contributed by atoms with Crippen LogP contribution in [0, 0.1) is 11.3 Å². The molecule has 30 heavy (non-hydrogen) atoms. The van der Waals surface area contributed by atoms with Crippen LogP contribution >= 0.6 is 0 Å². The number of anilines is 2. The average Bonchev–Trinajstić information content (AvgIpc) is 3.28. The number of nitriles is 1. The lowest BCUT2D eigenvalue weighted by Gasteiger charge is -2.29. The van der Waals surface area contributed by atoms with Gasteiger partial charge in [0.1, 0.15) is 24.2 Å². The molecule has 0 unspecified atom stereocenters. The molecule has 0 radical (unpaired) electrons. The van der Waals surface area contributed by atoms with Crippen LogP contribution in [0.15, 0.2) is 65.1 Å². The van der Waals surface area contributed by atoms with Crippen LogP contribution in [-0.2, 0) is 6.61 Å². The number of nitrogens with zero attached hydrogens (tertiary/aromatic N) is 2. The Balaban J connectivity index is 1.38. The highest BCUT2D eigenvalue weighted by Crippen LogP contribution is 2.24. The van der Waals surface area contributed by atoms with Gasteiger partial charge >= 0.3 is 0 Å². The van der Waals surface area contributed by atoms with Gasteiger partial charge in [0.25, 0.3) is 5.91 Å². The molecule has 4 rings (SSSR count). The lowest BCUT2D eigenvalue weighted by atomic mass is 10.1. The first kappa shape index (κ1) is 19.6. The lowest BCUT2D eigenvalue weighted by Crippen LogP contribution is -2.29. The summed E-state index contributed by atoms with van der Waals surface area (Å²) in [5.41, 5.74) is 2.31. The van der Waals surface area contributed by atoms with Crippen molar-refractivity contribution in [2.24, 2.45) is 0 Å². The number of amides is 1. The number of para-hydroxylation sites is 1. The molecule has 0 atom stereocenters. The first-order valence-corrected chi connectivity index (χ1v) is 10.1. The van der Waals surface area contributed by atoms with Crippen molar-refractivity contribution in [3.05, 3.63) is 77.7 Å². The molecular formula is C24H23N3O3. The van der Waals surface area contributed by atoms with E-state index in [0.717, 1.165) is 24.5 Å². The van der Waals surface area contributed by atoms with Crippen LogP contribution in [0.1, 0.15) is 41.1 Å².